The number of hydrogen-bond acceptors (Lipinski definition) is 1. The first-order valence-corrected chi connectivity index (χ1v) is 7.05. The molecule has 0 aliphatic heterocycles. The Kier molecular flexibility index (Phi) is 5.16. The van der Waals surface area contributed by atoms with Crippen molar-refractivity contribution in [3.8, 4) is 0 Å². The molecule has 1 unspecified atom stereocenters. The van der Waals surface area contributed by atoms with Gasteiger partial charge in [0.15, 0.2) is 0 Å². The Balaban J connectivity index is 2.66. The van der Waals surface area contributed by atoms with Crippen molar-refractivity contribution in [2.24, 2.45) is 5.41 Å². The molecule has 0 aliphatic carbocycles. The summed E-state index contributed by atoms with van der Waals surface area (Å²) in [6.07, 6.45) is 3.87. The van der Waals surface area contributed by atoms with Crippen molar-refractivity contribution in [1.29, 1.82) is 0 Å². The minimum absolute atomic E-state index is 0.326. The zero-order chi connectivity index (χ0) is 14.5. The van der Waals surface area contributed by atoms with Gasteiger partial charge in [0.25, 0.3) is 0 Å². The predicted molar refractivity (Wildman–Crippen MR) is 79.4 cm³/mol. The molecular weight excluding hydrogens is 236 g/mol. The highest BCUT2D eigenvalue weighted by atomic mass is 16.4. The fourth-order valence-electron chi connectivity index (χ4n) is 2.31. The van der Waals surface area contributed by atoms with Gasteiger partial charge in [-0.2, -0.15) is 0 Å². The summed E-state index contributed by atoms with van der Waals surface area (Å²) < 4.78 is 0. The van der Waals surface area contributed by atoms with E-state index in [1.165, 1.54) is 0 Å². The predicted octanol–water partition coefficient (Wildman–Crippen LogP) is 4.64. The number of hydrogen-bond donors (Lipinski definition) is 1. The number of rotatable bonds is 6. The molecular formula is C17H26O2. The molecule has 0 bridgehead atoms. The molecule has 0 heterocycles. The monoisotopic (exact) mass is 262 g/mol. The quantitative estimate of drug-likeness (QED) is 0.758. The molecule has 1 aromatic rings. The molecule has 1 N–H and O–H groups in total. The smallest absolute Gasteiger partial charge is 0.313 e. The fraction of sp³-hybridized carbons (Fsp3) is 0.588. The zero-order valence-corrected chi connectivity index (χ0v) is 12.6. The van der Waals surface area contributed by atoms with Gasteiger partial charge in [0.2, 0.25) is 0 Å². The normalized spacial score (nSPS) is 14.9. The summed E-state index contributed by atoms with van der Waals surface area (Å²) in [5, 5.41) is 9.55. The van der Waals surface area contributed by atoms with Gasteiger partial charge < -0.3 is 5.11 Å². The number of carboxylic acids is 1. The molecule has 2 nitrogen and oxygen atoms in total. The van der Waals surface area contributed by atoms with Crippen LogP contribution in [0.5, 0.6) is 0 Å². The molecule has 0 aromatic heterocycles. The van der Waals surface area contributed by atoms with Crippen LogP contribution in [0.2, 0.25) is 0 Å². The second-order valence-corrected chi connectivity index (χ2v) is 6.77. The first-order valence-electron chi connectivity index (χ1n) is 7.05. The largest absolute Gasteiger partial charge is 0.481 e. The first-order chi connectivity index (χ1) is 8.76. The van der Waals surface area contributed by atoms with Gasteiger partial charge in [-0.3, -0.25) is 4.79 Å². The van der Waals surface area contributed by atoms with Gasteiger partial charge in [0.1, 0.15) is 0 Å². The van der Waals surface area contributed by atoms with Crippen LogP contribution < -0.4 is 0 Å². The molecule has 0 spiro atoms. The Morgan fingerprint density at radius 3 is 2.00 bits per heavy atom. The van der Waals surface area contributed by atoms with Crippen LogP contribution >= 0.6 is 0 Å². The van der Waals surface area contributed by atoms with Crippen molar-refractivity contribution < 1.29 is 9.90 Å². The minimum Gasteiger partial charge on any atom is -0.481 e. The second kappa shape index (κ2) is 6.23. The van der Waals surface area contributed by atoms with Crippen molar-refractivity contribution in [3.05, 3.63) is 35.9 Å². The van der Waals surface area contributed by atoms with Gasteiger partial charge >= 0.3 is 5.97 Å². The van der Waals surface area contributed by atoms with Crippen LogP contribution in [-0.2, 0) is 10.2 Å². The van der Waals surface area contributed by atoms with Crippen molar-refractivity contribution in [2.75, 3.05) is 0 Å². The van der Waals surface area contributed by atoms with Crippen molar-refractivity contribution in [2.45, 2.75) is 58.8 Å². The molecule has 0 saturated heterocycles. The third-order valence-electron chi connectivity index (χ3n) is 3.74. The Morgan fingerprint density at radius 1 is 1.00 bits per heavy atom. The van der Waals surface area contributed by atoms with E-state index in [2.05, 4.69) is 20.8 Å². The molecule has 0 amide bonds. The maximum Gasteiger partial charge on any atom is 0.313 e. The summed E-state index contributed by atoms with van der Waals surface area (Å²) in [7, 11) is 0. The molecule has 2 heteroatoms. The Labute approximate surface area is 116 Å². The fourth-order valence-corrected chi connectivity index (χ4v) is 2.31. The van der Waals surface area contributed by atoms with Crippen molar-refractivity contribution in [3.63, 3.8) is 0 Å². The second-order valence-electron chi connectivity index (χ2n) is 6.77. The summed E-state index contributed by atoms with van der Waals surface area (Å²) in [4.78, 5) is 11.6. The van der Waals surface area contributed by atoms with E-state index >= 15 is 0 Å². The highest BCUT2D eigenvalue weighted by Crippen LogP contribution is 2.31. The van der Waals surface area contributed by atoms with E-state index < -0.39 is 11.4 Å². The number of unbranched alkanes of at least 4 members (excludes halogenated alkanes) is 1. The Hall–Kier alpha value is -1.31. The average Bonchev–Trinajstić information content (AvgIpc) is 2.34. The van der Waals surface area contributed by atoms with Crippen LogP contribution in [0.4, 0.5) is 0 Å². The summed E-state index contributed by atoms with van der Waals surface area (Å²) >= 11 is 0. The molecule has 0 radical (unpaired) electrons. The van der Waals surface area contributed by atoms with E-state index in [-0.39, 0.29) is 0 Å². The van der Waals surface area contributed by atoms with E-state index in [0.717, 1.165) is 24.8 Å². The summed E-state index contributed by atoms with van der Waals surface area (Å²) in [6, 6.07) is 9.57. The lowest BCUT2D eigenvalue weighted by molar-refractivity contribution is -0.143. The molecule has 106 valence electrons. The molecule has 0 saturated carbocycles. The van der Waals surface area contributed by atoms with Gasteiger partial charge in [0.05, 0.1) is 5.41 Å². The number of carboxylic acid groups (broad SMARTS) is 1. The lowest BCUT2D eigenvalue weighted by Gasteiger charge is -2.26. The van der Waals surface area contributed by atoms with E-state index in [1.54, 1.807) is 0 Å². The van der Waals surface area contributed by atoms with Gasteiger partial charge in [-0.15, -0.1) is 0 Å². The van der Waals surface area contributed by atoms with Crippen LogP contribution in [0.25, 0.3) is 0 Å². The van der Waals surface area contributed by atoms with Gasteiger partial charge in [-0.05, 0) is 30.7 Å². The van der Waals surface area contributed by atoms with Crippen LogP contribution in [-0.4, -0.2) is 11.1 Å². The van der Waals surface area contributed by atoms with Crippen LogP contribution in [0.15, 0.2) is 30.3 Å². The van der Waals surface area contributed by atoms with Crippen LogP contribution in [0.3, 0.4) is 0 Å². The van der Waals surface area contributed by atoms with E-state index in [1.807, 2.05) is 37.3 Å². The van der Waals surface area contributed by atoms with E-state index in [4.69, 9.17) is 0 Å². The lowest BCUT2D eigenvalue weighted by Crippen LogP contribution is -2.32. The maximum atomic E-state index is 11.6. The summed E-state index contributed by atoms with van der Waals surface area (Å²) in [5.41, 5.74) is 0.462. The summed E-state index contributed by atoms with van der Waals surface area (Å²) in [5.74, 6) is -0.727. The third kappa shape index (κ3) is 4.70. The highest BCUT2D eigenvalue weighted by molar-refractivity contribution is 5.80. The number of carbonyl (C=O) groups is 1. The topological polar surface area (TPSA) is 37.3 Å². The maximum absolute atomic E-state index is 11.6. The number of aliphatic carboxylic acids is 1. The average molecular weight is 262 g/mol. The van der Waals surface area contributed by atoms with Crippen molar-refractivity contribution >= 4 is 5.97 Å². The van der Waals surface area contributed by atoms with E-state index in [0.29, 0.717) is 11.8 Å². The molecule has 1 aromatic carbocycles. The Bertz CT molecular complexity index is 403. The Morgan fingerprint density at radius 2 is 1.53 bits per heavy atom. The lowest BCUT2D eigenvalue weighted by atomic mass is 9.77. The van der Waals surface area contributed by atoms with Crippen LogP contribution in [0.1, 0.15) is 58.9 Å². The van der Waals surface area contributed by atoms with Gasteiger partial charge in [0, 0.05) is 0 Å². The molecule has 0 aliphatic rings. The minimum atomic E-state index is -0.765. The first kappa shape index (κ1) is 15.7. The molecule has 1 rings (SSSR count). The third-order valence-corrected chi connectivity index (χ3v) is 3.74. The SMILES string of the molecule is CC(C)(C)CCCCC(C)(C(=O)O)c1ccccc1. The van der Waals surface area contributed by atoms with Gasteiger partial charge in [-0.25, -0.2) is 0 Å². The van der Waals surface area contributed by atoms with Crippen molar-refractivity contribution in [1.82, 2.24) is 0 Å². The summed E-state index contributed by atoms with van der Waals surface area (Å²) in [6.45, 7) is 8.50. The highest BCUT2D eigenvalue weighted by Gasteiger charge is 2.34. The standard InChI is InChI=1S/C17H26O2/c1-16(2,3)12-8-9-13-17(4,15(18)19)14-10-6-5-7-11-14/h5-7,10-11H,8-9,12-13H2,1-4H3,(H,18,19). The van der Waals surface area contributed by atoms with E-state index in [9.17, 15) is 9.90 Å². The number of benzene rings is 1. The molecule has 19 heavy (non-hydrogen) atoms. The zero-order valence-electron chi connectivity index (χ0n) is 12.6. The molecule has 0 fully saturated rings. The van der Waals surface area contributed by atoms with Gasteiger partial charge in [-0.1, -0.05) is 63.9 Å². The molecule has 1 atom stereocenters. The van der Waals surface area contributed by atoms with Crippen LogP contribution in [0, 0.1) is 5.41 Å².